The van der Waals surface area contributed by atoms with Gasteiger partial charge in [0.2, 0.25) is 5.13 Å². The number of aryl methyl sites for hydroxylation is 1. The van der Waals surface area contributed by atoms with Gasteiger partial charge in [-0.25, -0.2) is 9.98 Å². The Labute approximate surface area is 108 Å². The maximum absolute atomic E-state index is 4.55. The minimum Gasteiger partial charge on any atom is -0.218 e. The lowest BCUT2D eigenvalue weighted by Crippen LogP contribution is -1.80. The summed E-state index contributed by atoms with van der Waals surface area (Å²) < 4.78 is 2.26. The summed E-state index contributed by atoms with van der Waals surface area (Å²) in [5.74, 6) is 0. The molecule has 0 amide bonds. The number of thioether (sulfide) groups is 2. The molecule has 2 rings (SSSR count). The van der Waals surface area contributed by atoms with Crippen molar-refractivity contribution < 1.29 is 0 Å². The van der Waals surface area contributed by atoms with E-state index in [2.05, 4.69) is 35.1 Å². The van der Waals surface area contributed by atoms with Gasteiger partial charge in [-0.05, 0) is 31.1 Å². The van der Waals surface area contributed by atoms with Crippen LogP contribution < -0.4 is 0 Å². The van der Waals surface area contributed by atoms with Gasteiger partial charge in [0.25, 0.3) is 0 Å². The predicted octanol–water partition coefficient (Wildman–Crippen LogP) is 4.32. The number of hydrogen-bond acceptors (Lipinski definition) is 5. The van der Waals surface area contributed by atoms with Crippen LogP contribution in [-0.4, -0.2) is 21.9 Å². The summed E-state index contributed by atoms with van der Waals surface area (Å²) in [6, 6.07) is 6.24. The van der Waals surface area contributed by atoms with E-state index in [9.17, 15) is 0 Å². The number of nitrogens with zero attached hydrogens (tertiary/aromatic N) is 2. The average molecular weight is 268 g/mol. The van der Waals surface area contributed by atoms with Crippen LogP contribution in [0.2, 0.25) is 0 Å². The van der Waals surface area contributed by atoms with Gasteiger partial charge in [-0.1, -0.05) is 23.5 Å². The molecule has 84 valence electrons. The minimum atomic E-state index is 0.850. The normalized spacial score (nSPS) is 10.7. The summed E-state index contributed by atoms with van der Waals surface area (Å²) in [6.45, 7) is 2.08. The first-order valence-corrected chi connectivity index (χ1v) is 8.04. The highest BCUT2D eigenvalue weighted by molar-refractivity contribution is 8.38. The fourth-order valence-corrected chi connectivity index (χ4v) is 3.43. The molecule has 0 fully saturated rings. The zero-order chi connectivity index (χ0) is 11.5. The third kappa shape index (κ3) is 2.42. The molecule has 2 aromatic rings. The average Bonchev–Trinajstić information content (AvgIpc) is 2.70. The molecule has 0 aliphatic carbocycles. The van der Waals surface area contributed by atoms with E-state index in [1.54, 1.807) is 34.9 Å². The van der Waals surface area contributed by atoms with Crippen molar-refractivity contribution in [2.45, 2.75) is 6.92 Å². The molecule has 0 spiro atoms. The molecule has 0 saturated carbocycles. The van der Waals surface area contributed by atoms with Crippen LogP contribution in [0.3, 0.4) is 0 Å². The highest BCUT2D eigenvalue weighted by Gasteiger charge is 2.05. The van der Waals surface area contributed by atoms with Crippen LogP contribution in [0.25, 0.3) is 10.2 Å². The molecule has 16 heavy (non-hydrogen) atoms. The van der Waals surface area contributed by atoms with Gasteiger partial charge in [-0.15, -0.1) is 23.5 Å². The summed E-state index contributed by atoms with van der Waals surface area (Å²) >= 11 is 4.96. The Hall–Kier alpha value is -0.520. The Morgan fingerprint density at radius 1 is 1.31 bits per heavy atom. The Kier molecular flexibility index (Phi) is 3.89. The van der Waals surface area contributed by atoms with E-state index in [0.717, 1.165) is 15.0 Å². The number of rotatable bonds is 1. The van der Waals surface area contributed by atoms with Gasteiger partial charge in [0.05, 0.1) is 10.2 Å². The maximum atomic E-state index is 4.55. The van der Waals surface area contributed by atoms with Crippen molar-refractivity contribution >= 4 is 54.6 Å². The first kappa shape index (κ1) is 12.0. The van der Waals surface area contributed by atoms with Crippen molar-refractivity contribution in [3.05, 3.63) is 23.8 Å². The first-order chi connectivity index (χ1) is 7.74. The monoisotopic (exact) mass is 268 g/mol. The molecule has 0 N–H and O–H groups in total. The molecule has 1 aromatic carbocycles. The molecule has 0 atom stereocenters. The Balaban J connectivity index is 2.47. The van der Waals surface area contributed by atoms with Crippen molar-refractivity contribution in [1.29, 1.82) is 0 Å². The van der Waals surface area contributed by atoms with Crippen molar-refractivity contribution in [3.63, 3.8) is 0 Å². The fourth-order valence-electron chi connectivity index (χ4n) is 1.38. The third-order valence-electron chi connectivity index (χ3n) is 2.15. The van der Waals surface area contributed by atoms with Crippen molar-refractivity contribution in [3.8, 4) is 0 Å². The molecule has 1 aromatic heterocycles. The topological polar surface area (TPSA) is 25.2 Å². The Morgan fingerprint density at radius 2 is 2.06 bits per heavy atom. The van der Waals surface area contributed by atoms with Crippen molar-refractivity contribution in [2.24, 2.45) is 4.99 Å². The van der Waals surface area contributed by atoms with Crippen LogP contribution in [0.15, 0.2) is 23.2 Å². The summed E-state index contributed by atoms with van der Waals surface area (Å²) in [5.41, 5.74) is 2.29. The highest BCUT2D eigenvalue weighted by atomic mass is 32.2. The van der Waals surface area contributed by atoms with E-state index in [-0.39, 0.29) is 0 Å². The Morgan fingerprint density at radius 3 is 2.69 bits per heavy atom. The fraction of sp³-hybridized carbons (Fsp3) is 0.273. The van der Waals surface area contributed by atoms with Crippen LogP contribution in [0, 0.1) is 6.92 Å². The molecular formula is C11H12N2S3. The number of thiazole rings is 1. The zero-order valence-electron chi connectivity index (χ0n) is 9.35. The number of aromatic nitrogens is 1. The molecule has 0 bridgehead atoms. The first-order valence-electron chi connectivity index (χ1n) is 4.77. The number of fused-ring (bicyclic) bond motifs is 1. The highest BCUT2D eigenvalue weighted by Crippen LogP contribution is 2.31. The van der Waals surface area contributed by atoms with Gasteiger partial charge in [-0.2, -0.15) is 0 Å². The van der Waals surface area contributed by atoms with E-state index in [1.165, 1.54) is 10.3 Å². The lowest BCUT2D eigenvalue weighted by molar-refractivity contribution is 1.38. The van der Waals surface area contributed by atoms with Gasteiger partial charge in [-0.3, -0.25) is 0 Å². The molecule has 0 radical (unpaired) electrons. The van der Waals surface area contributed by atoms with E-state index in [4.69, 9.17) is 0 Å². The molecule has 2 nitrogen and oxygen atoms in total. The van der Waals surface area contributed by atoms with Gasteiger partial charge >= 0.3 is 0 Å². The number of benzene rings is 1. The molecule has 0 aliphatic rings. The van der Waals surface area contributed by atoms with E-state index in [0.29, 0.717) is 0 Å². The quantitative estimate of drug-likeness (QED) is 0.569. The maximum Gasteiger partial charge on any atom is 0.211 e. The third-order valence-corrected chi connectivity index (χ3v) is 4.94. The lowest BCUT2D eigenvalue weighted by Gasteiger charge is -1.93. The number of hydrogen-bond donors (Lipinski definition) is 0. The molecule has 0 unspecified atom stereocenters. The van der Waals surface area contributed by atoms with Crippen LogP contribution >= 0.6 is 34.9 Å². The van der Waals surface area contributed by atoms with Crippen LogP contribution in [0.5, 0.6) is 0 Å². The molecule has 1 heterocycles. The standard InChI is InChI=1S/C11H12N2S3/c1-7-5-4-6-8-9(7)12-10(16-8)13-11(14-2)15-3/h4-6H,1-3H3. The zero-order valence-corrected chi connectivity index (χ0v) is 11.8. The van der Waals surface area contributed by atoms with Crippen LogP contribution in [-0.2, 0) is 0 Å². The molecule has 0 saturated heterocycles. The van der Waals surface area contributed by atoms with Crippen LogP contribution in [0.4, 0.5) is 5.13 Å². The summed E-state index contributed by atoms with van der Waals surface area (Å²) in [6.07, 6.45) is 4.07. The van der Waals surface area contributed by atoms with E-state index in [1.807, 2.05) is 12.5 Å². The van der Waals surface area contributed by atoms with Gasteiger partial charge in [0, 0.05) is 0 Å². The summed E-state index contributed by atoms with van der Waals surface area (Å²) in [5, 5.41) is 0.850. The van der Waals surface area contributed by atoms with Crippen LogP contribution in [0.1, 0.15) is 5.56 Å². The molecular weight excluding hydrogens is 256 g/mol. The SMILES string of the molecule is CSC(=Nc1nc2c(C)cccc2s1)SC. The largest absolute Gasteiger partial charge is 0.218 e. The number of aliphatic imine (C=N–C) groups is 1. The lowest BCUT2D eigenvalue weighted by atomic mass is 10.2. The molecule has 0 aliphatic heterocycles. The van der Waals surface area contributed by atoms with E-state index < -0.39 is 0 Å². The number of para-hydroxylation sites is 1. The molecule has 5 heteroatoms. The van der Waals surface area contributed by atoms with Crippen molar-refractivity contribution in [2.75, 3.05) is 12.5 Å². The minimum absolute atomic E-state index is 0.850. The van der Waals surface area contributed by atoms with Gasteiger partial charge < -0.3 is 0 Å². The van der Waals surface area contributed by atoms with E-state index >= 15 is 0 Å². The summed E-state index contributed by atoms with van der Waals surface area (Å²) in [7, 11) is 0. The second-order valence-electron chi connectivity index (χ2n) is 3.20. The predicted molar refractivity (Wildman–Crippen MR) is 78.5 cm³/mol. The van der Waals surface area contributed by atoms with Gasteiger partial charge in [0.1, 0.15) is 4.38 Å². The smallest absolute Gasteiger partial charge is 0.211 e. The second kappa shape index (κ2) is 5.21. The van der Waals surface area contributed by atoms with Gasteiger partial charge in [0.15, 0.2) is 0 Å². The second-order valence-corrected chi connectivity index (χ2v) is 6.06. The summed E-state index contributed by atoms with van der Waals surface area (Å²) in [4.78, 5) is 9.08. The van der Waals surface area contributed by atoms with Crippen molar-refractivity contribution in [1.82, 2.24) is 4.98 Å². The Bertz CT molecular complexity index is 525.